The summed E-state index contributed by atoms with van der Waals surface area (Å²) in [6.07, 6.45) is 2.50. The van der Waals surface area contributed by atoms with E-state index in [0.29, 0.717) is 12.1 Å². The lowest BCUT2D eigenvalue weighted by molar-refractivity contribution is 0.175. The molecule has 20 heavy (non-hydrogen) atoms. The van der Waals surface area contributed by atoms with E-state index >= 15 is 0 Å². The molecule has 1 heterocycles. The standard InChI is InChI=1S/C17H27ClN2/c1-13(2)12-20-9-7-17(8-10-20)19-14(3)15-5-4-6-16(18)11-15/h4-6,11,13-14,17,19H,7-10,12H2,1-3H3/t14-/m0/s1. The van der Waals surface area contributed by atoms with Crippen molar-refractivity contribution in [1.29, 1.82) is 0 Å². The Labute approximate surface area is 128 Å². The zero-order valence-corrected chi connectivity index (χ0v) is 13.7. The third kappa shape index (κ3) is 4.76. The highest BCUT2D eigenvalue weighted by molar-refractivity contribution is 6.30. The van der Waals surface area contributed by atoms with E-state index in [-0.39, 0.29) is 0 Å². The molecular weight excluding hydrogens is 268 g/mol. The van der Waals surface area contributed by atoms with Crippen LogP contribution in [0.2, 0.25) is 5.02 Å². The SMILES string of the molecule is CC(C)CN1CCC(N[C@@H](C)c2cccc(Cl)c2)CC1. The predicted octanol–water partition coefficient (Wildman–Crippen LogP) is 4.11. The summed E-state index contributed by atoms with van der Waals surface area (Å²) in [5, 5.41) is 4.57. The van der Waals surface area contributed by atoms with Gasteiger partial charge in [0.15, 0.2) is 0 Å². The van der Waals surface area contributed by atoms with Gasteiger partial charge in [-0.3, -0.25) is 0 Å². The number of nitrogens with zero attached hydrogens (tertiary/aromatic N) is 1. The van der Waals surface area contributed by atoms with E-state index in [0.717, 1.165) is 10.9 Å². The molecule has 1 atom stereocenters. The van der Waals surface area contributed by atoms with Gasteiger partial charge >= 0.3 is 0 Å². The first-order chi connectivity index (χ1) is 9.54. The zero-order chi connectivity index (χ0) is 14.5. The van der Waals surface area contributed by atoms with Crippen LogP contribution in [0, 0.1) is 5.92 Å². The lowest BCUT2D eigenvalue weighted by atomic mass is 10.0. The van der Waals surface area contributed by atoms with Gasteiger partial charge in [0, 0.05) is 23.7 Å². The first-order valence-corrected chi connectivity index (χ1v) is 8.16. The summed E-state index contributed by atoms with van der Waals surface area (Å²) in [6, 6.07) is 9.18. The molecule has 112 valence electrons. The molecule has 0 aliphatic carbocycles. The van der Waals surface area contributed by atoms with Crippen molar-refractivity contribution < 1.29 is 0 Å². The highest BCUT2D eigenvalue weighted by Gasteiger charge is 2.21. The number of nitrogens with one attached hydrogen (secondary N) is 1. The molecule has 1 aromatic rings. The molecule has 1 aromatic carbocycles. The average Bonchev–Trinajstić information content (AvgIpc) is 2.40. The Balaban J connectivity index is 1.80. The van der Waals surface area contributed by atoms with Crippen molar-refractivity contribution in [1.82, 2.24) is 10.2 Å². The van der Waals surface area contributed by atoms with Crippen molar-refractivity contribution in [3.05, 3.63) is 34.9 Å². The Morgan fingerprint density at radius 1 is 1.25 bits per heavy atom. The van der Waals surface area contributed by atoms with Crippen molar-refractivity contribution in [2.75, 3.05) is 19.6 Å². The number of piperidine rings is 1. The quantitative estimate of drug-likeness (QED) is 0.879. The number of hydrogen-bond acceptors (Lipinski definition) is 2. The van der Waals surface area contributed by atoms with E-state index < -0.39 is 0 Å². The molecule has 1 N–H and O–H groups in total. The number of hydrogen-bond donors (Lipinski definition) is 1. The molecule has 1 saturated heterocycles. The summed E-state index contributed by atoms with van der Waals surface area (Å²) >= 11 is 6.06. The lowest BCUT2D eigenvalue weighted by Crippen LogP contribution is -2.44. The molecule has 0 bridgehead atoms. The molecule has 0 spiro atoms. The fourth-order valence-electron chi connectivity index (χ4n) is 3.02. The minimum Gasteiger partial charge on any atom is -0.307 e. The normalized spacial score (nSPS) is 19.4. The fourth-order valence-corrected chi connectivity index (χ4v) is 3.22. The van der Waals surface area contributed by atoms with Gasteiger partial charge in [0.25, 0.3) is 0 Å². The van der Waals surface area contributed by atoms with Crippen molar-refractivity contribution >= 4 is 11.6 Å². The summed E-state index contributed by atoms with van der Waals surface area (Å²) in [6.45, 7) is 10.5. The average molecular weight is 295 g/mol. The van der Waals surface area contributed by atoms with Crippen LogP contribution >= 0.6 is 11.6 Å². The van der Waals surface area contributed by atoms with E-state index in [9.17, 15) is 0 Å². The van der Waals surface area contributed by atoms with Gasteiger partial charge in [0.05, 0.1) is 0 Å². The minimum atomic E-state index is 0.371. The third-order valence-corrected chi connectivity index (χ3v) is 4.28. The molecule has 0 unspecified atom stereocenters. The van der Waals surface area contributed by atoms with Gasteiger partial charge in [0.1, 0.15) is 0 Å². The summed E-state index contributed by atoms with van der Waals surface area (Å²) < 4.78 is 0. The molecule has 0 aromatic heterocycles. The Bertz CT molecular complexity index is 411. The Morgan fingerprint density at radius 3 is 2.55 bits per heavy atom. The smallest absolute Gasteiger partial charge is 0.0409 e. The molecule has 1 aliphatic heterocycles. The second-order valence-corrected chi connectivity index (χ2v) is 6.85. The third-order valence-electron chi connectivity index (χ3n) is 4.05. The van der Waals surface area contributed by atoms with Crippen molar-refractivity contribution in [3.63, 3.8) is 0 Å². The molecule has 2 rings (SSSR count). The van der Waals surface area contributed by atoms with Crippen LogP contribution in [-0.2, 0) is 0 Å². The first-order valence-electron chi connectivity index (χ1n) is 7.78. The van der Waals surface area contributed by atoms with Crippen LogP contribution in [0.4, 0.5) is 0 Å². The number of rotatable bonds is 5. The topological polar surface area (TPSA) is 15.3 Å². The maximum Gasteiger partial charge on any atom is 0.0409 e. The molecule has 0 radical (unpaired) electrons. The van der Waals surface area contributed by atoms with Crippen molar-refractivity contribution in [3.8, 4) is 0 Å². The Kier molecular flexibility index (Phi) is 5.88. The Hall–Kier alpha value is -0.570. The van der Waals surface area contributed by atoms with Crippen LogP contribution in [0.5, 0.6) is 0 Å². The van der Waals surface area contributed by atoms with Gasteiger partial charge in [0.2, 0.25) is 0 Å². The minimum absolute atomic E-state index is 0.371. The van der Waals surface area contributed by atoms with E-state index in [2.05, 4.69) is 43.1 Å². The maximum atomic E-state index is 6.06. The summed E-state index contributed by atoms with van der Waals surface area (Å²) in [5.41, 5.74) is 1.28. The maximum absolute atomic E-state index is 6.06. The van der Waals surface area contributed by atoms with E-state index in [1.807, 2.05) is 12.1 Å². The van der Waals surface area contributed by atoms with Crippen LogP contribution in [0.25, 0.3) is 0 Å². The predicted molar refractivity (Wildman–Crippen MR) is 87.3 cm³/mol. The van der Waals surface area contributed by atoms with Gasteiger partial charge in [-0.25, -0.2) is 0 Å². The Morgan fingerprint density at radius 2 is 1.95 bits per heavy atom. The molecule has 2 nitrogen and oxygen atoms in total. The van der Waals surface area contributed by atoms with Gasteiger partial charge in [-0.05, 0) is 56.5 Å². The second-order valence-electron chi connectivity index (χ2n) is 6.41. The van der Waals surface area contributed by atoms with Crippen LogP contribution in [0.1, 0.15) is 45.2 Å². The summed E-state index contributed by atoms with van der Waals surface area (Å²) in [4.78, 5) is 2.59. The van der Waals surface area contributed by atoms with E-state index in [1.165, 1.54) is 38.0 Å². The molecule has 3 heteroatoms. The van der Waals surface area contributed by atoms with Crippen LogP contribution in [0.15, 0.2) is 24.3 Å². The largest absolute Gasteiger partial charge is 0.307 e. The van der Waals surface area contributed by atoms with E-state index in [1.54, 1.807) is 0 Å². The molecule has 0 amide bonds. The number of likely N-dealkylation sites (tertiary alicyclic amines) is 1. The van der Waals surface area contributed by atoms with Gasteiger partial charge in [-0.1, -0.05) is 37.6 Å². The van der Waals surface area contributed by atoms with Gasteiger partial charge in [-0.15, -0.1) is 0 Å². The summed E-state index contributed by atoms with van der Waals surface area (Å²) in [7, 11) is 0. The summed E-state index contributed by atoms with van der Waals surface area (Å²) in [5.74, 6) is 0.768. The van der Waals surface area contributed by atoms with Crippen molar-refractivity contribution in [2.24, 2.45) is 5.92 Å². The van der Waals surface area contributed by atoms with Crippen LogP contribution in [-0.4, -0.2) is 30.6 Å². The highest BCUT2D eigenvalue weighted by atomic mass is 35.5. The van der Waals surface area contributed by atoms with E-state index in [4.69, 9.17) is 11.6 Å². The number of halogens is 1. The lowest BCUT2D eigenvalue weighted by Gasteiger charge is -2.34. The molecule has 1 aliphatic rings. The second kappa shape index (κ2) is 7.44. The van der Waals surface area contributed by atoms with Crippen LogP contribution < -0.4 is 5.32 Å². The van der Waals surface area contributed by atoms with Crippen molar-refractivity contribution in [2.45, 2.75) is 45.7 Å². The zero-order valence-electron chi connectivity index (χ0n) is 12.9. The van der Waals surface area contributed by atoms with Gasteiger partial charge < -0.3 is 10.2 Å². The van der Waals surface area contributed by atoms with Crippen LogP contribution in [0.3, 0.4) is 0 Å². The monoisotopic (exact) mass is 294 g/mol. The van der Waals surface area contributed by atoms with Gasteiger partial charge in [-0.2, -0.15) is 0 Å². The molecule has 0 saturated carbocycles. The number of benzene rings is 1. The fraction of sp³-hybridized carbons (Fsp3) is 0.647. The first kappa shape index (κ1) is 15.8. The molecular formula is C17H27ClN2. The molecule has 1 fully saturated rings. The highest BCUT2D eigenvalue weighted by Crippen LogP contribution is 2.20.